The average molecular weight is 249 g/mol. The molecule has 18 heavy (non-hydrogen) atoms. The monoisotopic (exact) mass is 249 g/mol. The largest absolute Gasteiger partial charge is 0.480 e. The lowest BCUT2D eigenvalue weighted by Crippen LogP contribution is -2.52. The molecule has 100 valence electrons. The van der Waals surface area contributed by atoms with Crippen LogP contribution in [0.5, 0.6) is 0 Å². The van der Waals surface area contributed by atoms with Crippen LogP contribution in [-0.2, 0) is 10.3 Å². The number of hydrogen-bond donors (Lipinski definition) is 1. The van der Waals surface area contributed by atoms with Gasteiger partial charge >= 0.3 is 5.97 Å². The zero-order chi connectivity index (χ0) is 13.9. The van der Waals surface area contributed by atoms with E-state index in [1.54, 1.807) is 0 Å². The molecule has 0 fully saturated rings. The van der Waals surface area contributed by atoms with Crippen LogP contribution in [-0.4, -0.2) is 29.1 Å². The Morgan fingerprint density at radius 2 is 1.83 bits per heavy atom. The second kappa shape index (κ2) is 5.53. The maximum absolute atomic E-state index is 11.8. The number of aryl methyl sites for hydroxylation is 1. The fraction of sp³-hybridized carbons (Fsp3) is 0.533. The van der Waals surface area contributed by atoms with Gasteiger partial charge in [-0.15, -0.1) is 0 Å². The topological polar surface area (TPSA) is 40.5 Å². The molecule has 0 amide bonds. The van der Waals surface area contributed by atoms with Crippen molar-refractivity contribution in [2.45, 2.75) is 45.7 Å². The molecule has 1 aromatic carbocycles. The van der Waals surface area contributed by atoms with Crippen LogP contribution in [0.4, 0.5) is 0 Å². The van der Waals surface area contributed by atoms with Gasteiger partial charge < -0.3 is 5.11 Å². The van der Waals surface area contributed by atoms with Crippen molar-refractivity contribution in [1.82, 2.24) is 4.90 Å². The average Bonchev–Trinajstić information content (AvgIpc) is 2.32. The summed E-state index contributed by atoms with van der Waals surface area (Å²) in [6.45, 7) is 7.96. The van der Waals surface area contributed by atoms with Crippen LogP contribution in [0.1, 0.15) is 38.3 Å². The molecular formula is C15H23NO2. The van der Waals surface area contributed by atoms with Gasteiger partial charge in [0.15, 0.2) is 0 Å². The minimum absolute atomic E-state index is 0.169. The summed E-state index contributed by atoms with van der Waals surface area (Å²) in [7, 11) is 1.88. The fourth-order valence-corrected chi connectivity index (χ4v) is 2.35. The molecule has 1 rings (SSSR count). The fourth-order valence-electron chi connectivity index (χ4n) is 2.35. The molecule has 0 saturated heterocycles. The first-order valence-electron chi connectivity index (χ1n) is 6.39. The summed E-state index contributed by atoms with van der Waals surface area (Å²) in [6.07, 6.45) is 0.542. The maximum Gasteiger partial charge on any atom is 0.328 e. The molecule has 0 aliphatic rings. The predicted molar refractivity (Wildman–Crippen MR) is 73.7 cm³/mol. The highest BCUT2D eigenvalue weighted by Gasteiger charge is 2.43. The van der Waals surface area contributed by atoms with Crippen LogP contribution in [0.15, 0.2) is 24.3 Å². The second-order valence-corrected chi connectivity index (χ2v) is 5.09. The molecule has 0 aliphatic carbocycles. The van der Waals surface area contributed by atoms with E-state index in [4.69, 9.17) is 0 Å². The van der Waals surface area contributed by atoms with Crippen molar-refractivity contribution in [3.05, 3.63) is 35.4 Å². The van der Waals surface area contributed by atoms with E-state index in [1.807, 2.05) is 63.9 Å². The zero-order valence-electron chi connectivity index (χ0n) is 11.9. The molecule has 1 N–H and O–H groups in total. The van der Waals surface area contributed by atoms with Crippen molar-refractivity contribution in [3.63, 3.8) is 0 Å². The van der Waals surface area contributed by atoms with Crippen LogP contribution in [0.2, 0.25) is 0 Å². The lowest BCUT2D eigenvalue weighted by molar-refractivity contribution is -0.153. The molecule has 0 bridgehead atoms. The van der Waals surface area contributed by atoms with Gasteiger partial charge in [-0.3, -0.25) is 4.90 Å². The highest BCUT2D eigenvalue weighted by Crippen LogP contribution is 2.33. The number of benzene rings is 1. The van der Waals surface area contributed by atoms with Crippen LogP contribution in [0.3, 0.4) is 0 Å². The first kappa shape index (κ1) is 14.7. The highest BCUT2D eigenvalue weighted by molar-refractivity contribution is 5.80. The zero-order valence-corrected chi connectivity index (χ0v) is 11.9. The van der Waals surface area contributed by atoms with Crippen LogP contribution in [0, 0.1) is 6.92 Å². The molecule has 0 saturated carbocycles. The van der Waals surface area contributed by atoms with Gasteiger partial charge in [0.25, 0.3) is 0 Å². The molecule has 0 heterocycles. The number of hydrogen-bond acceptors (Lipinski definition) is 2. The highest BCUT2D eigenvalue weighted by atomic mass is 16.4. The number of likely N-dealkylation sites (N-methyl/N-ethyl adjacent to an activating group) is 1. The van der Waals surface area contributed by atoms with Crippen molar-refractivity contribution in [2.24, 2.45) is 0 Å². The Hall–Kier alpha value is -1.35. The Kier molecular flexibility index (Phi) is 4.52. The third-order valence-electron chi connectivity index (χ3n) is 3.77. The van der Waals surface area contributed by atoms with Crippen LogP contribution < -0.4 is 0 Å². The van der Waals surface area contributed by atoms with Gasteiger partial charge in [0, 0.05) is 6.04 Å². The molecule has 0 aromatic heterocycles. The minimum Gasteiger partial charge on any atom is -0.480 e. The molecule has 0 radical (unpaired) electrons. The summed E-state index contributed by atoms with van der Waals surface area (Å²) in [5.74, 6) is -0.787. The van der Waals surface area contributed by atoms with E-state index in [0.717, 1.165) is 11.1 Å². The first-order valence-corrected chi connectivity index (χ1v) is 6.39. The van der Waals surface area contributed by atoms with Gasteiger partial charge in [-0.25, -0.2) is 4.79 Å². The number of aliphatic carboxylic acids is 1. The van der Waals surface area contributed by atoms with Gasteiger partial charge in [0.05, 0.1) is 0 Å². The lowest BCUT2D eigenvalue weighted by Gasteiger charge is -2.40. The van der Waals surface area contributed by atoms with Gasteiger partial charge in [-0.05, 0) is 39.8 Å². The number of carboxylic acid groups (broad SMARTS) is 1. The number of carbonyl (C=O) groups is 1. The summed E-state index contributed by atoms with van der Waals surface area (Å²) in [4.78, 5) is 13.8. The molecular weight excluding hydrogens is 226 g/mol. The Balaban J connectivity index is 3.36. The Bertz CT molecular complexity index is 411. The van der Waals surface area contributed by atoms with Crippen molar-refractivity contribution in [1.29, 1.82) is 0 Å². The molecule has 1 aromatic rings. The van der Waals surface area contributed by atoms with Crippen molar-refractivity contribution >= 4 is 5.97 Å². The molecule has 0 aliphatic heterocycles. The molecule has 3 nitrogen and oxygen atoms in total. The second-order valence-electron chi connectivity index (χ2n) is 5.09. The summed E-state index contributed by atoms with van der Waals surface area (Å²) in [5, 5.41) is 9.72. The van der Waals surface area contributed by atoms with E-state index in [2.05, 4.69) is 0 Å². The first-order chi connectivity index (χ1) is 8.36. The smallest absolute Gasteiger partial charge is 0.328 e. The molecule has 0 spiro atoms. The lowest BCUT2D eigenvalue weighted by atomic mass is 9.84. The molecule has 1 atom stereocenters. The van der Waals surface area contributed by atoms with E-state index in [9.17, 15) is 9.90 Å². The quantitative estimate of drug-likeness (QED) is 0.872. The van der Waals surface area contributed by atoms with E-state index >= 15 is 0 Å². The summed E-state index contributed by atoms with van der Waals surface area (Å²) in [6, 6.07) is 7.95. The van der Waals surface area contributed by atoms with E-state index < -0.39 is 11.5 Å². The Labute approximate surface area is 109 Å². The van der Waals surface area contributed by atoms with Gasteiger partial charge in [-0.2, -0.15) is 0 Å². The van der Waals surface area contributed by atoms with Gasteiger partial charge in [-0.1, -0.05) is 36.8 Å². The normalized spacial score (nSPS) is 14.8. The van der Waals surface area contributed by atoms with E-state index in [-0.39, 0.29) is 6.04 Å². The summed E-state index contributed by atoms with van der Waals surface area (Å²) in [5.41, 5.74) is 1.04. The molecule has 1 unspecified atom stereocenters. The van der Waals surface area contributed by atoms with Crippen molar-refractivity contribution in [3.8, 4) is 0 Å². The third kappa shape index (κ3) is 2.41. The van der Waals surface area contributed by atoms with E-state index in [1.165, 1.54) is 0 Å². The predicted octanol–water partition coefficient (Wildman–Crippen LogP) is 3.03. The molecule has 3 heteroatoms. The summed E-state index contributed by atoms with van der Waals surface area (Å²) >= 11 is 0. The Morgan fingerprint density at radius 1 is 1.33 bits per heavy atom. The standard InChI is InChI=1S/C15H23NO2/c1-6-15(14(17)18,16(5)11(2)3)13-9-7-12(4)8-10-13/h7-11H,6H2,1-5H3,(H,17,18). The number of rotatable bonds is 5. The third-order valence-corrected chi connectivity index (χ3v) is 3.77. The van der Waals surface area contributed by atoms with Gasteiger partial charge in [0.2, 0.25) is 0 Å². The maximum atomic E-state index is 11.8. The van der Waals surface area contributed by atoms with Crippen LogP contribution in [0.25, 0.3) is 0 Å². The van der Waals surface area contributed by atoms with E-state index in [0.29, 0.717) is 6.42 Å². The van der Waals surface area contributed by atoms with Crippen molar-refractivity contribution < 1.29 is 9.90 Å². The minimum atomic E-state index is -0.943. The number of carboxylic acids is 1. The SMILES string of the molecule is CCC(C(=O)O)(c1ccc(C)cc1)N(C)C(C)C. The summed E-state index contributed by atoms with van der Waals surface area (Å²) < 4.78 is 0. The Morgan fingerprint density at radius 3 is 2.17 bits per heavy atom. The number of nitrogens with zero attached hydrogens (tertiary/aromatic N) is 1. The van der Waals surface area contributed by atoms with Gasteiger partial charge in [0.1, 0.15) is 5.54 Å². The van der Waals surface area contributed by atoms with Crippen molar-refractivity contribution in [2.75, 3.05) is 7.05 Å². The van der Waals surface area contributed by atoms with Crippen LogP contribution >= 0.6 is 0 Å².